The molecule has 3 nitrogen and oxygen atoms in total. The van der Waals surface area contributed by atoms with Crippen LogP contribution in [0.2, 0.25) is 0 Å². The molecule has 1 aromatic heterocycles. The summed E-state index contributed by atoms with van der Waals surface area (Å²) in [4.78, 5) is 21.5. The van der Waals surface area contributed by atoms with Crippen LogP contribution in [-0.2, 0) is 0 Å². The highest BCUT2D eigenvalue weighted by molar-refractivity contribution is 5.84. The molecule has 0 radical (unpaired) electrons. The molecule has 0 amide bonds. The molecule has 0 aliphatic carbocycles. The van der Waals surface area contributed by atoms with E-state index in [1.807, 2.05) is 0 Å². The summed E-state index contributed by atoms with van der Waals surface area (Å²) in [6, 6.07) is 5.15. The highest BCUT2D eigenvalue weighted by Crippen LogP contribution is 2.13. The number of benzene rings is 1. The molecule has 1 aromatic carbocycles. The van der Waals surface area contributed by atoms with E-state index in [4.69, 9.17) is 4.42 Å². The van der Waals surface area contributed by atoms with Crippen LogP contribution in [0.1, 0.15) is 10.4 Å². The third kappa shape index (κ3) is 1.31. The lowest BCUT2D eigenvalue weighted by Gasteiger charge is -1.96. The fraction of sp³-hybridized carbons (Fsp3) is 0. The highest BCUT2D eigenvalue weighted by Gasteiger charge is 2.04. The first kappa shape index (κ1) is 8.62. The summed E-state index contributed by atoms with van der Waals surface area (Å²) in [5, 5.41) is 0.521. The first-order valence-electron chi connectivity index (χ1n) is 3.89. The van der Waals surface area contributed by atoms with E-state index in [-0.39, 0.29) is 11.1 Å². The molecular weight excluding hydrogens is 187 g/mol. The van der Waals surface area contributed by atoms with Crippen molar-refractivity contribution in [2.45, 2.75) is 0 Å². The van der Waals surface area contributed by atoms with Gasteiger partial charge in [0.25, 0.3) is 0 Å². The van der Waals surface area contributed by atoms with Crippen molar-refractivity contribution < 1.29 is 13.6 Å². The zero-order valence-electron chi connectivity index (χ0n) is 6.99. The second-order valence-electron chi connectivity index (χ2n) is 2.79. The Kier molecular flexibility index (Phi) is 1.89. The summed E-state index contributed by atoms with van der Waals surface area (Å²) in [6.45, 7) is 0. The molecule has 0 spiro atoms. The normalized spacial score (nSPS) is 10.4. The smallest absolute Gasteiger partial charge is 0.346 e. The van der Waals surface area contributed by atoms with Gasteiger partial charge in [-0.1, -0.05) is 0 Å². The zero-order chi connectivity index (χ0) is 10.1. The number of fused-ring (bicyclic) bond motifs is 1. The zero-order valence-corrected chi connectivity index (χ0v) is 6.99. The van der Waals surface area contributed by atoms with Crippen LogP contribution in [-0.4, -0.2) is 6.29 Å². The van der Waals surface area contributed by atoms with Gasteiger partial charge in [0.2, 0.25) is 0 Å². The molecule has 0 bridgehead atoms. The molecule has 0 atom stereocenters. The Morgan fingerprint density at radius 3 is 2.79 bits per heavy atom. The Labute approximate surface area is 77.8 Å². The monoisotopic (exact) mass is 192 g/mol. The van der Waals surface area contributed by atoms with Gasteiger partial charge in [-0.15, -0.1) is 0 Å². The summed E-state index contributed by atoms with van der Waals surface area (Å²) < 4.78 is 17.5. The van der Waals surface area contributed by atoms with Crippen LogP contribution in [0, 0.1) is 5.82 Å². The number of rotatable bonds is 1. The molecule has 70 valence electrons. The van der Waals surface area contributed by atoms with Gasteiger partial charge in [-0.2, -0.15) is 0 Å². The SMILES string of the molecule is O=Cc1cc2ccc(F)cc2oc1=O. The van der Waals surface area contributed by atoms with E-state index in [0.29, 0.717) is 11.7 Å². The van der Waals surface area contributed by atoms with E-state index < -0.39 is 11.4 Å². The fourth-order valence-electron chi connectivity index (χ4n) is 1.18. The maximum atomic E-state index is 12.7. The van der Waals surface area contributed by atoms with Crippen LogP contribution in [0.3, 0.4) is 0 Å². The van der Waals surface area contributed by atoms with Crippen molar-refractivity contribution >= 4 is 17.3 Å². The standard InChI is InChI=1S/C10H5FO3/c11-8-2-1-6-3-7(5-12)10(13)14-9(6)4-8/h1-5H. The lowest BCUT2D eigenvalue weighted by atomic mass is 10.2. The quantitative estimate of drug-likeness (QED) is 0.510. The predicted molar refractivity (Wildman–Crippen MR) is 47.8 cm³/mol. The van der Waals surface area contributed by atoms with Gasteiger partial charge in [0.05, 0.1) is 0 Å². The van der Waals surface area contributed by atoms with Crippen molar-refractivity contribution in [2.75, 3.05) is 0 Å². The van der Waals surface area contributed by atoms with Crippen LogP contribution < -0.4 is 5.63 Å². The number of hydrogen-bond acceptors (Lipinski definition) is 3. The molecule has 0 N–H and O–H groups in total. The van der Waals surface area contributed by atoms with E-state index in [9.17, 15) is 14.0 Å². The largest absolute Gasteiger partial charge is 0.422 e. The molecule has 2 aromatic rings. The summed E-state index contributed by atoms with van der Waals surface area (Å²) in [6.07, 6.45) is 0.411. The average Bonchev–Trinajstić information content (AvgIpc) is 2.16. The van der Waals surface area contributed by atoms with Crippen molar-refractivity contribution in [1.29, 1.82) is 0 Å². The molecule has 0 fully saturated rings. The van der Waals surface area contributed by atoms with Gasteiger partial charge in [0.15, 0.2) is 6.29 Å². The predicted octanol–water partition coefficient (Wildman–Crippen LogP) is 1.74. The minimum absolute atomic E-state index is 0.0656. The van der Waals surface area contributed by atoms with Crippen LogP contribution in [0.5, 0.6) is 0 Å². The van der Waals surface area contributed by atoms with E-state index >= 15 is 0 Å². The summed E-state index contributed by atoms with van der Waals surface area (Å²) in [7, 11) is 0. The maximum Gasteiger partial charge on any atom is 0.346 e. The average molecular weight is 192 g/mol. The maximum absolute atomic E-state index is 12.7. The van der Waals surface area contributed by atoms with Gasteiger partial charge in [0.1, 0.15) is 17.0 Å². The van der Waals surface area contributed by atoms with Crippen molar-refractivity contribution in [3.8, 4) is 0 Å². The first-order valence-corrected chi connectivity index (χ1v) is 3.89. The molecule has 4 heteroatoms. The minimum atomic E-state index is -0.752. The molecular formula is C10H5FO3. The lowest BCUT2D eigenvalue weighted by molar-refractivity contribution is 0.112. The van der Waals surface area contributed by atoms with Gasteiger partial charge in [-0.25, -0.2) is 9.18 Å². The number of hydrogen-bond donors (Lipinski definition) is 0. The summed E-state index contributed by atoms with van der Waals surface area (Å²) in [5.74, 6) is -0.487. The van der Waals surface area contributed by atoms with E-state index in [0.717, 1.165) is 6.07 Å². The Hall–Kier alpha value is -1.97. The molecule has 0 aliphatic rings. The second-order valence-corrected chi connectivity index (χ2v) is 2.79. The van der Waals surface area contributed by atoms with Crippen LogP contribution in [0.4, 0.5) is 4.39 Å². The van der Waals surface area contributed by atoms with Crippen LogP contribution in [0.25, 0.3) is 11.0 Å². The molecule has 0 unspecified atom stereocenters. The van der Waals surface area contributed by atoms with Gasteiger partial charge < -0.3 is 4.42 Å². The lowest BCUT2D eigenvalue weighted by Crippen LogP contribution is -2.05. The molecule has 0 saturated heterocycles. The van der Waals surface area contributed by atoms with Gasteiger partial charge in [-0.05, 0) is 18.2 Å². The number of carbonyl (C=O) groups is 1. The first-order chi connectivity index (χ1) is 6.70. The van der Waals surface area contributed by atoms with Gasteiger partial charge in [0, 0.05) is 11.5 Å². The van der Waals surface area contributed by atoms with Crippen molar-refractivity contribution in [1.82, 2.24) is 0 Å². The van der Waals surface area contributed by atoms with Crippen molar-refractivity contribution in [3.05, 3.63) is 46.1 Å². The Morgan fingerprint density at radius 2 is 2.07 bits per heavy atom. The summed E-state index contributed by atoms with van der Waals surface area (Å²) in [5.41, 5.74) is -0.678. The topological polar surface area (TPSA) is 47.3 Å². The van der Waals surface area contributed by atoms with Crippen LogP contribution >= 0.6 is 0 Å². The van der Waals surface area contributed by atoms with Gasteiger partial charge in [-0.3, -0.25) is 4.79 Å². The Morgan fingerprint density at radius 1 is 1.29 bits per heavy atom. The van der Waals surface area contributed by atoms with Gasteiger partial charge >= 0.3 is 5.63 Å². The number of carbonyl (C=O) groups excluding carboxylic acids is 1. The van der Waals surface area contributed by atoms with E-state index in [1.165, 1.54) is 18.2 Å². The number of halogens is 1. The second kappa shape index (κ2) is 3.06. The summed E-state index contributed by atoms with van der Waals surface area (Å²) >= 11 is 0. The number of aldehydes is 1. The minimum Gasteiger partial charge on any atom is -0.422 e. The molecule has 2 rings (SSSR count). The third-order valence-electron chi connectivity index (χ3n) is 1.85. The van der Waals surface area contributed by atoms with E-state index in [1.54, 1.807) is 0 Å². The molecule has 0 aliphatic heterocycles. The van der Waals surface area contributed by atoms with E-state index in [2.05, 4.69) is 0 Å². The Balaban J connectivity index is 2.86. The fourth-order valence-corrected chi connectivity index (χ4v) is 1.18. The van der Waals surface area contributed by atoms with Crippen molar-refractivity contribution in [2.24, 2.45) is 0 Å². The Bertz CT molecular complexity index is 557. The van der Waals surface area contributed by atoms with Crippen LogP contribution in [0.15, 0.2) is 33.5 Å². The molecule has 14 heavy (non-hydrogen) atoms. The third-order valence-corrected chi connectivity index (χ3v) is 1.85. The highest BCUT2D eigenvalue weighted by atomic mass is 19.1. The molecule has 1 heterocycles. The molecule has 0 saturated carbocycles. The van der Waals surface area contributed by atoms with Crippen molar-refractivity contribution in [3.63, 3.8) is 0 Å².